The number of rotatable bonds is 6. The summed E-state index contributed by atoms with van der Waals surface area (Å²) in [5, 5.41) is 4.03. The fourth-order valence-electron chi connectivity index (χ4n) is 3.31. The second kappa shape index (κ2) is 6.92. The Labute approximate surface area is 152 Å². The lowest BCUT2D eigenvalue weighted by atomic mass is 10.1. The van der Waals surface area contributed by atoms with Gasteiger partial charge in [0.05, 0.1) is 6.54 Å². The van der Waals surface area contributed by atoms with Gasteiger partial charge < -0.3 is 10.3 Å². The standard InChI is InChI=1S/C21H22FN3O/c1-14-18(22)3-2-4-19(14)24-21(26)13-25(17-6-7-17)12-15-5-8-20-16(11-15)9-10-23-20/h2-5,8-11,17,23H,6-7,12-13H2,1H3,(H,24,26). The van der Waals surface area contributed by atoms with Crippen molar-refractivity contribution in [3.05, 3.63) is 65.6 Å². The van der Waals surface area contributed by atoms with Crippen LogP contribution in [0.4, 0.5) is 10.1 Å². The molecule has 0 bridgehead atoms. The number of nitrogens with one attached hydrogen (secondary N) is 2. The van der Waals surface area contributed by atoms with Gasteiger partial charge >= 0.3 is 0 Å². The quantitative estimate of drug-likeness (QED) is 0.699. The van der Waals surface area contributed by atoms with Gasteiger partial charge in [0.2, 0.25) is 5.91 Å². The zero-order valence-corrected chi connectivity index (χ0v) is 14.8. The maximum atomic E-state index is 13.7. The van der Waals surface area contributed by atoms with Crippen LogP contribution in [-0.4, -0.2) is 28.4 Å². The van der Waals surface area contributed by atoms with Crippen LogP contribution in [-0.2, 0) is 11.3 Å². The monoisotopic (exact) mass is 351 g/mol. The van der Waals surface area contributed by atoms with Gasteiger partial charge in [-0.1, -0.05) is 12.1 Å². The minimum absolute atomic E-state index is 0.103. The number of nitrogens with zero attached hydrogens (tertiary/aromatic N) is 1. The van der Waals surface area contributed by atoms with E-state index in [4.69, 9.17) is 0 Å². The number of hydrogen-bond acceptors (Lipinski definition) is 2. The first-order chi connectivity index (χ1) is 12.6. The molecule has 5 heteroatoms. The average Bonchev–Trinajstić information content (AvgIpc) is 3.36. The van der Waals surface area contributed by atoms with E-state index in [1.807, 2.05) is 6.20 Å². The molecule has 1 aliphatic carbocycles. The molecule has 1 heterocycles. The van der Waals surface area contributed by atoms with Gasteiger partial charge in [-0.3, -0.25) is 9.69 Å². The third-order valence-electron chi connectivity index (χ3n) is 4.96. The van der Waals surface area contributed by atoms with Crippen molar-refractivity contribution < 1.29 is 9.18 Å². The third-order valence-corrected chi connectivity index (χ3v) is 4.96. The molecule has 1 fully saturated rings. The lowest BCUT2D eigenvalue weighted by Gasteiger charge is -2.22. The highest BCUT2D eigenvalue weighted by Crippen LogP contribution is 2.29. The maximum absolute atomic E-state index is 13.7. The van der Waals surface area contributed by atoms with E-state index >= 15 is 0 Å². The van der Waals surface area contributed by atoms with Crippen LogP contribution in [0.5, 0.6) is 0 Å². The Bertz CT molecular complexity index is 945. The van der Waals surface area contributed by atoms with Crippen molar-refractivity contribution >= 4 is 22.5 Å². The molecule has 1 saturated carbocycles. The summed E-state index contributed by atoms with van der Waals surface area (Å²) in [4.78, 5) is 17.9. The molecule has 1 aromatic heterocycles. The summed E-state index contributed by atoms with van der Waals surface area (Å²) in [6, 6.07) is 13.6. The summed E-state index contributed by atoms with van der Waals surface area (Å²) in [5.41, 5.74) is 3.32. The molecule has 0 aliphatic heterocycles. The number of anilines is 1. The van der Waals surface area contributed by atoms with Gasteiger partial charge in [0.25, 0.3) is 0 Å². The molecule has 3 aromatic rings. The number of amides is 1. The molecule has 2 aromatic carbocycles. The Morgan fingerprint density at radius 3 is 2.92 bits per heavy atom. The molecule has 1 amide bonds. The van der Waals surface area contributed by atoms with Gasteiger partial charge in [-0.05, 0) is 61.0 Å². The van der Waals surface area contributed by atoms with Crippen molar-refractivity contribution in [3.63, 3.8) is 0 Å². The second-order valence-corrected chi connectivity index (χ2v) is 7.00. The zero-order chi connectivity index (χ0) is 18.1. The third kappa shape index (κ3) is 3.63. The number of aromatic nitrogens is 1. The van der Waals surface area contributed by atoms with E-state index in [2.05, 4.69) is 39.5 Å². The SMILES string of the molecule is Cc1c(F)cccc1NC(=O)CN(Cc1ccc2[nH]ccc2c1)C1CC1. The van der Waals surface area contributed by atoms with Crippen LogP contribution in [0, 0.1) is 12.7 Å². The van der Waals surface area contributed by atoms with Gasteiger partial charge in [-0.15, -0.1) is 0 Å². The summed E-state index contributed by atoms with van der Waals surface area (Å²) < 4.78 is 13.7. The average molecular weight is 351 g/mol. The molecule has 4 rings (SSSR count). The van der Waals surface area contributed by atoms with Crippen molar-refractivity contribution in [2.45, 2.75) is 32.4 Å². The summed E-state index contributed by atoms with van der Waals surface area (Å²) in [6.07, 6.45) is 4.18. The van der Waals surface area contributed by atoms with Gasteiger partial charge in [-0.25, -0.2) is 4.39 Å². The number of hydrogen-bond donors (Lipinski definition) is 2. The Kier molecular flexibility index (Phi) is 4.47. The number of aromatic amines is 1. The van der Waals surface area contributed by atoms with Gasteiger partial charge in [-0.2, -0.15) is 0 Å². The molecule has 4 nitrogen and oxygen atoms in total. The number of H-pyrrole nitrogens is 1. The Hall–Kier alpha value is -2.66. The molecule has 0 unspecified atom stereocenters. The Balaban J connectivity index is 1.45. The van der Waals surface area contributed by atoms with E-state index in [1.54, 1.807) is 19.1 Å². The molecule has 0 spiro atoms. The summed E-state index contributed by atoms with van der Waals surface area (Å²) in [7, 11) is 0. The second-order valence-electron chi connectivity index (χ2n) is 7.00. The van der Waals surface area contributed by atoms with E-state index in [9.17, 15) is 9.18 Å². The first-order valence-electron chi connectivity index (χ1n) is 8.95. The fourth-order valence-corrected chi connectivity index (χ4v) is 3.31. The Morgan fingerprint density at radius 2 is 2.12 bits per heavy atom. The number of carbonyl (C=O) groups excluding carboxylic acids is 1. The van der Waals surface area contributed by atoms with Crippen LogP contribution in [0.15, 0.2) is 48.7 Å². The normalized spacial score (nSPS) is 14.1. The summed E-state index contributed by atoms with van der Waals surface area (Å²) in [5.74, 6) is -0.407. The zero-order valence-electron chi connectivity index (χ0n) is 14.8. The lowest BCUT2D eigenvalue weighted by Crippen LogP contribution is -2.34. The number of fused-ring (bicyclic) bond motifs is 1. The van der Waals surface area contributed by atoms with E-state index in [-0.39, 0.29) is 11.7 Å². The number of carbonyl (C=O) groups is 1. The van der Waals surface area contributed by atoms with E-state index < -0.39 is 0 Å². The molecule has 0 atom stereocenters. The predicted molar refractivity (Wildman–Crippen MR) is 101 cm³/mol. The molecule has 2 N–H and O–H groups in total. The highest BCUT2D eigenvalue weighted by molar-refractivity contribution is 5.93. The largest absolute Gasteiger partial charge is 0.361 e. The molecule has 134 valence electrons. The van der Waals surface area contributed by atoms with Crippen molar-refractivity contribution in [2.75, 3.05) is 11.9 Å². The molecule has 1 aliphatic rings. The van der Waals surface area contributed by atoms with Crippen molar-refractivity contribution in [3.8, 4) is 0 Å². The first kappa shape index (κ1) is 16.8. The van der Waals surface area contributed by atoms with Crippen molar-refractivity contribution in [1.82, 2.24) is 9.88 Å². The minimum Gasteiger partial charge on any atom is -0.361 e. The number of halogens is 1. The Morgan fingerprint density at radius 1 is 1.27 bits per heavy atom. The minimum atomic E-state index is -0.304. The van der Waals surface area contributed by atoms with Gasteiger partial charge in [0.1, 0.15) is 5.82 Å². The van der Waals surface area contributed by atoms with Crippen LogP contribution in [0.2, 0.25) is 0 Å². The van der Waals surface area contributed by atoms with Gasteiger partial charge in [0, 0.05) is 35.6 Å². The van der Waals surface area contributed by atoms with Crippen LogP contribution in [0.1, 0.15) is 24.0 Å². The molecule has 0 saturated heterocycles. The van der Waals surface area contributed by atoms with Crippen molar-refractivity contribution in [2.24, 2.45) is 0 Å². The van der Waals surface area contributed by atoms with Crippen LogP contribution in [0.3, 0.4) is 0 Å². The summed E-state index contributed by atoms with van der Waals surface area (Å²) in [6.45, 7) is 2.73. The predicted octanol–water partition coefficient (Wildman–Crippen LogP) is 4.22. The molecule has 0 radical (unpaired) electrons. The van der Waals surface area contributed by atoms with Crippen molar-refractivity contribution in [1.29, 1.82) is 0 Å². The fraction of sp³-hybridized carbons (Fsp3) is 0.286. The van der Waals surface area contributed by atoms with E-state index in [0.717, 1.165) is 24.9 Å². The van der Waals surface area contributed by atoms with E-state index in [0.29, 0.717) is 23.8 Å². The highest BCUT2D eigenvalue weighted by Gasteiger charge is 2.30. The number of benzene rings is 2. The smallest absolute Gasteiger partial charge is 0.238 e. The van der Waals surface area contributed by atoms with Crippen LogP contribution >= 0.6 is 0 Å². The summed E-state index contributed by atoms with van der Waals surface area (Å²) >= 11 is 0. The van der Waals surface area contributed by atoms with Gasteiger partial charge in [0.15, 0.2) is 0 Å². The first-order valence-corrected chi connectivity index (χ1v) is 8.95. The lowest BCUT2D eigenvalue weighted by molar-refractivity contribution is -0.117. The molecular formula is C21H22FN3O. The highest BCUT2D eigenvalue weighted by atomic mass is 19.1. The maximum Gasteiger partial charge on any atom is 0.238 e. The van der Waals surface area contributed by atoms with Crippen LogP contribution in [0.25, 0.3) is 10.9 Å². The topological polar surface area (TPSA) is 48.1 Å². The molecule has 26 heavy (non-hydrogen) atoms. The van der Waals surface area contributed by atoms with Crippen LogP contribution < -0.4 is 5.32 Å². The van der Waals surface area contributed by atoms with E-state index in [1.165, 1.54) is 17.0 Å². The molecular weight excluding hydrogens is 329 g/mol.